The molecule has 0 unspecified atom stereocenters. The van der Waals surface area contributed by atoms with Crippen LogP contribution < -0.4 is 24.0 Å². The van der Waals surface area contributed by atoms with Crippen LogP contribution in [-0.4, -0.2) is 47.2 Å². The predicted molar refractivity (Wildman–Crippen MR) is 140 cm³/mol. The zero-order valence-electron chi connectivity index (χ0n) is 20.7. The van der Waals surface area contributed by atoms with E-state index in [1.54, 1.807) is 36.4 Å². The van der Waals surface area contributed by atoms with Crippen LogP contribution in [0.5, 0.6) is 11.5 Å². The Kier molecular flexibility index (Phi) is 7.69. The molecule has 3 aromatic carbocycles. The van der Waals surface area contributed by atoms with Gasteiger partial charge in [-0.2, -0.15) is 0 Å². The molecule has 0 aliphatic carbocycles. The minimum Gasteiger partial charge on any atom is -0.497 e. The Hall–Kier alpha value is -3.72. The average molecular weight is 510 g/mol. The number of para-hydroxylation sites is 2. The van der Waals surface area contributed by atoms with Crippen molar-refractivity contribution in [2.75, 3.05) is 35.9 Å². The molecule has 1 aliphatic rings. The lowest BCUT2D eigenvalue weighted by atomic mass is 10.1. The van der Waals surface area contributed by atoms with Gasteiger partial charge in [-0.3, -0.25) is 9.10 Å². The summed E-state index contributed by atoms with van der Waals surface area (Å²) in [6.07, 6.45) is -0.997. The number of hydrogen-bond donors (Lipinski definition) is 1. The molecule has 1 aliphatic heterocycles. The van der Waals surface area contributed by atoms with Crippen LogP contribution in [0.25, 0.3) is 0 Å². The first-order valence-corrected chi connectivity index (χ1v) is 13.4. The number of nitrogens with one attached hydrogen (secondary N) is 1. The van der Waals surface area contributed by atoms with Crippen molar-refractivity contribution < 1.29 is 22.7 Å². The fraction of sp³-hybridized carbons (Fsp3) is 0.296. The molecule has 190 valence electrons. The van der Waals surface area contributed by atoms with Gasteiger partial charge in [-0.1, -0.05) is 24.3 Å². The number of sulfonamides is 1. The van der Waals surface area contributed by atoms with E-state index < -0.39 is 16.1 Å². The second-order valence-electron chi connectivity index (χ2n) is 8.34. The Morgan fingerprint density at radius 2 is 1.69 bits per heavy atom. The van der Waals surface area contributed by atoms with Crippen LogP contribution in [-0.2, 0) is 21.4 Å². The second-order valence-corrected chi connectivity index (χ2v) is 10.2. The summed E-state index contributed by atoms with van der Waals surface area (Å²) in [5.41, 5.74) is 2.46. The maximum absolute atomic E-state index is 13.5. The van der Waals surface area contributed by atoms with E-state index in [0.29, 0.717) is 23.7 Å². The van der Waals surface area contributed by atoms with E-state index in [1.165, 1.54) is 23.5 Å². The van der Waals surface area contributed by atoms with Crippen molar-refractivity contribution in [2.24, 2.45) is 0 Å². The van der Waals surface area contributed by atoms with Crippen LogP contribution >= 0.6 is 0 Å². The number of hydrogen-bond acceptors (Lipinski definition) is 6. The molecule has 8 nitrogen and oxygen atoms in total. The van der Waals surface area contributed by atoms with E-state index in [1.807, 2.05) is 24.3 Å². The molecule has 3 aromatic rings. The first kappa shape index (κ1) is 25.4. The second kappa shape index (κ2) is 10.9. The Labute approximate surface area is 212 Å². The summed E-state index contributed by atoms with van der Waals surface area (Å²) in [7, 11) is -2.42. The largest absolute Gasteiger partial charge is 0.497 e. The van der Waals surface area contributed by atoms with Crippen molar-refractivity contribution in [3.8, 4) is 11.5 Å². The molecule has 1 atom stereocenters. The van der Waals surface area contributed by atoms with Crippen molar-refractivity contribution in [3.63, 3.8) is 0 Å². The quantitative estimate of drug-likeness (QED) is 0.472. The van der Waals surface area contributed by atoms with Crippen molar-refractivity contribution in [1.29, 1.82) is 0 Å². The first-order chi connectivity index (χ1) is 17.4. The zero-order valence-corrected chi connectivity index (χ0v) is 21.5. The summed E-state index contributed by atoms with van der Waals surface area (Å²) in [4.78, 5) is 15.4. The molecule has 0 spiro atoms. The van der Waals surface area contributed by atoms with Gasteiger partial charge in [0.1, 0.15) is 11.5 Å². The van der Waals surface area contributed by atoms with Gasteiger partial charge in [-0.25, -0.2) is 8.42 Å². The van der Waals surface area contributed by atoms with E-state index in [-0.39, 0.29) is 17.3 Å². The number of rotatable bonds is 9. The monoisotopic (exact) mass is 509 g/mol. The third-order valence-corrected chi connectivity index (χ3v) is 8.00. The van der Waals surface area contributed by atoms with Gasteiger partial charge >= 0.3 is 0 Å². The number of benzene rings is 3. The molecule has 36 heavy (non-hydrogen) atoms. The molecule has 0 saturated heterocycles. The maximum Gasteiger partial charge on any atom is 0.264 e. The molecule has 0 fully saturated rings. The Bertz CT molecular complexity index is 1290. The topological polar surface area (TPSA) is 88.2 Å². The van der Waals surface area contributed by atoms with Gasteiger partial charge in [0, 0.05) is 25.3 Å². The third-order valence-electron chi connectivity index (χ3n) is 6.21. The fourth-order valence-corrected chi connectivity index (χ4v) is 5.63. The standard InChI is InChI=1S/C27H31N3O5S/c1-4-29(5-2)21-12-10-20(11-13-21)18-28-27(31)26-19-30(24-8-6-7-9-25(24)35-26)36(32,33)23-16-14-22(34-3)15-17-23/h6-17,26H,4-5,18-19H2,1-3H3,(H,28,31)/t26-/m1/s1. The highest BCUT2D eigenvalue weighted by Gasteiger charge is 2.37. The summed E-state index contributed by atoms with van der Waals surface area (Å²) in [6.45, 7) is 6.23. The van der Waals surface area contributed by atoms with Crippen LogP contribution in [0.4, 0.5) is 11.4 Å². The van der Waals surface area contributed by atoms with Crippen molar-refractivity contribution >= 4 is 27.3 Å². The summed E-state index contributed by atoms with van der Waals surface area (Å²) in [5, 5.41) is 2.89. The van der Waals surface area contributed by atoms with Gasteiger partial charge in [0.25, 0.3) is 15.9 Å². The normalized spacial score (nSPS) is 15.0. The third kappa shape index (κ3) is 5.26. The van der Waals surface area contributed by atoms with Gasteiger partial charge in [0.05, 0.1) is 24.2 Å². The number of ether oxygens (including phenoxy) is 2. The molecule has 0 radical (unpaired) electrons. The number of carbonyl (C=O) groups is 1. The SMILES string of the molecule is CCN(CC)c1ccc(CNC(=O)[C@H]2CN(S(=O)(=O)c3ccc(OC)cc3)c3ccccc3O2)cc1. The van der Waals surface area contributed by atoms with E-state index in [2.05, 4.69) is 24.1 Å². The first-order valence-electron chi connectivity index (χ1n) is 11.9. The number of fused-ring (bicyclic) bond motifs is 1. The van der Waals surface area contributed by atoms with Crippen molar-refractivity contribution in [2.45, 2.75) is 31.4 Å². The van der Waals surface area contributed by atoms with E-state index in [9.17, 15) is 13.2 Å². The van der Waals surface area contributed by atoms with Crippen LogP contribution in [0.2, 0.25) is 0 Å². The zero-order chi connectivity index (χ0) is 25.7. The van der Waals surface area contributed by atoms with Crippen molar-refractivity contribution in [3.05, 3.63) is 78.4 Å². The Morgan fingerprint density at radius 1 is 1.03 bits per heavy atom. The minimum absolute atomic E-state index is 0.104. The Morgan fingerprint density at radius 3 is 2.33 bits per heavy atom. The molecule has 1 heterocycles. The molecule has 4 rings (SSSR count). The lowest BCUT2D eigenvalue weighted by molar-refractivity contribution is -0.127. The summed E-state index contributed by atoms with van der Waals surface area (Å²) >= 11 is 0. The molecular weight excluding hydrogens is 478 g/mol. The highest BCUT2D eigenvalue weighted by molar-refractivity contribution is 7.92. The van der Waals surface area contributed by atoms with Crippen LogP contribution in [0, 0.1) is 0 Å². The lowest BCUT2D eigenvalue weighted by Crippen LogP contribution is -2.50. The van der Waals surface area contributed by atoms with Gasteiger partial charge in [0.15, 0.2) is 6.10 Å². The summed E-state index contributed by atoms with van der Waals surface area (Å²) in [5.74, 6) is 0.510. The summed E-state index contributed by atoms with van der Waals surface area (Å²) < 4.78 is 39.3. The lowest BCUT2D eigenvalue weighted by Gasteiger charge is -2.34. The number of anilines is 2. The highest BCUT2D eigenvalue weighted by Crippen LogP contribution is 2.37. The van der Waals surface area contributed by atoms with Crippen LogP contribution in [0.1, 0.15) is 19.4 Å². The molecule has 9 heteroatoms. The molecule has 1 amide bonds. The van der Waals surface area contributed by atoms with Crippen LogP contribution in [0.15, 0.2) is 77.7 Å². The number of nitrogens with zero attached hydrogens (tertiary/aromatic N) is 2. The van der Waals surface area contributed by atoms with E-state index in [4.69, 9.17) is 9.47 Å². The van der Waals surface area contributed by atoms with E-state index in [0.717, 1.165) is 24.3 Å². The van der Waals surface area contributed by atoms with Gasteiger partial charge in [0.2, 0.25) is 0 Å². The number of carbonyl (C=O) groups excluding carboxylic acids is 1. The van der Waals surface area contributed by atoms with E-state index >= 15 is 0 Å². The van der Waals surface area contributed by atoms with Gasteiger partial charge < -0.3 is 19.7 Å². The highest BCUT2D eigenvalue weighted by atomic mass is 32.2. The van der Waals surface area contributed by atoms with Crippen molar-refractivity contribution in [1.82, 2.24) is 5.32 Å². The average Bonchev–Trinajstić information content (AvgIpc) is 2.92. The Balaban J connectivity index is 1.51. The minimum atomic E-state index is -3.94. The number of amides is 1. The number of methoxy groups -OCH3 is 1. The van der Waals surface area contributed by atoms with Gasteiger partial charge in [-0.05, 0) is 67.9 Å². The molecule has 0 aromatic heterocycles. The van der Waals surface area contributed by atoms with Gasteiger partial charge in [-0.15, -0.1) is 0 Å². The molecule has 1 N–H and O–H groups in total. The fourth-order valence-electron chi connectivity index (χ4n) is 4.16. The molecule has 0 bridgehead atoms. The smallest absolute Gasteiger partial charge is 0.264 e. The maximum atomic E-state index is 13.5. The molecular formula is C27H31N3O5S. The molecule has 0 saturated carbocycles. The predicted octanol–water partition coefficient (Wildman–Crippen LogP) is 3.81. The van der Waals surface area contributed by atoms with Crippen LogP contribution in [0.3, 0.4) is 0 Å². The summed E-state index contributed by atoms with van der Waals surface area (Å²) in [6, 6.07) is 21.0.